The zero-order valence-corrected chi connectivity index (χ0v) is 17.2. The van der Waals surface area contributed by atoms with E-state index in [2.05, 4.69) is 5.32 Å². The molecule has 0 saturated heterocycles. The summed E-state index contributed by atoms with van der Waals surface area (Å²) in [5, 5.41) is 12.5. The van der Waals surface area contributed by atoms with Crippen molar-refractivity contribution in [2.75, 3.05) is 6.61 Å². The van der Waals surface area contributed by atoms with E-state index in [9.17, 15) is 14.7 Å². The average molecular weight is 442 g/mol. The number of carbonyl (C=O) groups excluding carboxylic acids is 1. The van der Waals surface area contributed by atoms with Gasteiger partial charge in [-0.1, -0.05) is 71.7 Å². The summed E-state index contributed by atoms with van der Waals surface area (Å²) in [6, 6.07) is 19.0. The maximum Gasteiger partial charge on any atom is 0.408 e. The van der Waals surface area contributed by atoms with Crippen LogP contribution in [0.1, 0.15) is 28.7 Å². The van der Waals surface area contributed by atoms with Crippen LogP contribution in [0.25, 0.3) is 11.1 Å². The summed E-state index contributed by atoms with van der Waals surface area (Å²) >= 11 is 11.9. The Morgan fingerprint density at radius 1 is 0.933 bits per heavy atom. The smallest absolute Gasteiger partial charge is 0.408 e. The third-order valence-electron chi connectivity index (χ3n) is 5.07. The van der Waals surface area contributed by atoms with E-state index >= 15 is 0 Å². The van der Waals surface area contributed by atoms with Crippen LogP contribution in [0.5, 0.6) is 0 Å². The number of ether oxygens (including phenoxy) is 1. The first-order valence-corrected chi connectivity index (χ1v) is 10.00. The molecule has 0 heterocycles. The van der Waals surface area contributed by atoms with Gasteiger partial charge < -0.3 is 15.2 Å². The monoisotopic (exact) mass is 441 g/mol. The Bertz CT molecular complexity index is 1070. The van der Waals surface area contributed by atoms with E-state index in [1.165, 1.54) is 18.2 Å². The van der Waals surface area contributed by atoms with Crippen LogP contribution in [0, 0.1) is 0 Å². The van der Waals surface area contributed by atoms with E-state index in [-0.39, 0.29) is 28.1 Å². The van der Waals surface area contributed by atoms with Gasteiger partial charge in [0.1, 0.15) is 6.61 Å². The Kier molecular flexibility index (Phi) is 5.66. The molecule has 1 atom stereocenters. The molecule has 1 amide bonds. The number of aliphatic carboxylic acids is 1. The lowest BCUT2D eigenvalue weighted by molar-refractivity contribution is -0.139. The van der Waals surface area contributed by atoms with Gasteiger partial charge in [-0.3, -0.25) is 0 Å². The van der Waals surface area contributed by atoms with Gasteiger partial charge in [-0.15, -0.1) is 0 Å². The molecule has 0 fully saturated rings. The number of hydrogen-bond donors (Lipinski definition) is 2. The SMILES string of the molecule is O=C(NC(C(=O)O)c1cc(Cl)cc(Cl)c1)OCC1c2ccccc2-c2ccccc21. The highest BCUT2D eigenvalue weighted by Gasteiger charge is 2.30. The lowest BCUT2D eigenvalue weighted by Crippen LogP contribution is -2.34. The van der Waals surface area contributed by atoms with Crippen molar-refractivity contribution in [2.45, 2.75) is 12.0 Å². The largest absolute Gasteiger partial charge is 0.479 e. The normalized spacial score (nSPS) is 13.3. The number of halogens is 2. The minimum absolute atomic E-state index is 0.0858. The Balaban J connectivity index is 1.50. The third-order valence-corrected chi connectivity index (χ3v) is 5.51. The summed E-state index contributed by atoms with van der Waals surface area (Å²) in [6.45, 7) is 0.0858. The molecule has 0 spiro atoms. The summed E-state index contributed by atoms with van der Waals surface area (Å²) in [4.78, 5) is 24.1. The van der Waals surface area contributed by atoms with E-state index < -0.39 is 18.1 Å². The van der Waals surface area contributed by atoms with Gasteiger partial charge in [-0.05, 0) is 46.0 Å². The second kappa shape index (κ2) is 8.38. The number of amides is 1. The van der Waals surface area contributed by atoms with Crippen molar-refractivity contribution in [3.05, 3.63) is 93.5 Å². The molecule has 1 unspecified atom stereocenters. The van der Waals surface area contributed by atoms with Crippen LogP contribution in [0.3, 0.4) is 0 Å². The molecule has 1 aliphatic carbocycles. The molecule has 0 radical (unpaired) electrons. The molecule has 5 nitrogen and oxygen atoms in total. The number of alkyl carbamates (subject to hydrolysis) is 1. The fraction of sp³-hybridized carbons (Fsp3) is 0.130. The molecular formula is C23H17Cl2NO4. The molecule has 152 valence electrons. The quantitative estimate of drug-likeness (QED) is 0.535. The standard InChI is InChI=1S/C23H17Cl2NO4/c24-14-9-13(10-15(25)11-14)21(22(27)28)26-23(29)30-12-20-18-7-3-1-5-16(18)17-6-2-4-8-19(17)20/h1-11,20-21H,12H2,(H,26,29)(H,27,28). The lowest BCUT2D eigenvalue weighted by atomic mass is 9.98. The van der Waals surface area contributed by atoms with Crippen LogP contribution in [-0.4, -0.2) is 23.8 Å². The highest BCUT2D eigenvalue weighted by molar-refractivity contribution is 6.34. The van der Waals surface area contributed by atoms with Crippen LogP contribution in [0.2, 0.25) is 10.0 Å². The van der Waals surface area contributed by atoms with Crippen LogP contribution in [0.15, 0.2) is 66.7 Å². The molecule has 0 aliphatic heterocycles. The maximum atomic E-state index is 12.4. The first-order valence-electron chi connectivity index (χ1n) is 9.24. The molecule has 1 aliphatic rings. The van der Waals surface area contributed by atoms with Crippen molar-refractivity contribution in [3.63, 3.8) is 0 Å². The van der Waals surface area contributed by atoms with Crippen LogP contribution >= 0.6 is 23.2 Å². The number of carboxylic acid groups (broad SMARTS) is 1. The number of nitrogens with one attached hydrogen (secondary N) is 1. The van der Waals surface area contributed by atoms with Crippen molar-refractivity contribution in [1.82, 2.24) is 5.32 Å². The average Bonchev–Trinajstić information content (AvgIpc) is 3.03. The van der Waals surface area contributed by atoms with E-state index in [1.54, 1.807) is 0 Å². The summed E-state index contributed by atoms with van der Waals surface area (Å²) < 4.78 is 5.42. The number of carboxylic acids is 1. The van der Waals surface area contributed by atoms with Crippen molar-refractivity contribution in [2.24, 2.45) is 0 Å². The number of fused-ring (bicyclic) bond motifs is 3. The van der Waals surface area contributed by atoms with E-state index in [1.807, 2.05) is 48.5 Å². The van der Waals surface area contributed by atoms with Gasteiger partial charge in [0.2, 0.25) is 0 Å². The van der Waals surface area contributed by atoms with E-state index in [0.717, 1.165) is 22.3 Å². The summed E-state index contributed by atoms with van der Waals surface area (Å²) in [7, 11) is 0. The number of benzene rings is 3. The fourth-order valence-corrected chi connectivity index (χ4v) is 4.33. The second-order valence-corrected chi connectivity index (χ2v) is 7.82. The summed E-state index contributed by atoms with van der Waals surface area (Å²) in [5.74, 6) is -1.37. The Labute approximate surface area is 183 Å². The predicted molar refractivity (Wildman–Crippen MR) is 115 cm³/mol. The Morgan fingerprint density at radius 3 is 2.00 bits per heavy atom. The minimum atomic E-state index is -1.34. The lowest BCUT2D eigenvalue weighted by Gasteiger charge is -2.18. The van der Waals surface area contributed by atoms with Crippen molar-refractivity contribution in [3.8, 4) is 11.1 Å². The second-order valence-electron chi connectivity index (χ2n) is 6.94. The van der Waals surface area contributed by atoms with E-state index in [4.69, 9.17) is 27.9 Å². The highest BCUT2D eigenvalue weighted by Crippen LogP contribution is 2.44. The molecule has 0 saturated carbocycles. The summed E-state index contributed by atoms with van der Waals surface area (Å²) in [6.07, 6.45) is -0.833. The number of hydrogen-bond acceptors (Lipinski definition) is 3. The molecule has 2 N–H and O–H groups in total. The third kappa shape index (κ3) is 3.99. The van der Waals surface area contributed by atoms with Crippen molar-refractivity contribution < 1.29 is 19.4 Å². The fourth-order valence-electron chi connectivity index (χ4n) is 3.79. The minimum Gasteiger partial charge on any atom is -0.479 e. The van der Waals surface area contributed by atoms with Gasteiger partial charge in [-0.25, -0.2) is 9.59 Å². The first kappa shape index (κ1) is 20.3. The Hall–Kier alpha value is -3.02. The zero-order chi connectivity index (χ0) is 21.3. The summed E-state index contributed by atoms with van der Waals surface area (Å²) in [5.41, 5.74) is 4.62. The van der Waals surface area contributed by atoms with Gasteiger partial charge in [0.05, 0.1) is 0 Å². The molecule has 4 rings (SSSR count). The number of rotatable bonds is 5. The molecule has 3 aromatic rings. The van der Waals surface area contributed by atoms with Crippen molar-refractivity contribution >= 4 is 35.3 Å². The van der Waals surface area contributed by atoms with Crippen LogP contribution in [-0.2, 0) is 9.53 Å². The first-order chi connectivity index (χ1) is 14.4. The van der Waals surface area contributed by atoms with E-state index in [0.29, 0.717) is 0 Å². The van der Waals surface area contributed by atoms with Crippen LogP contribution < -0.4 is 5.32 Å². The zero-order valence-electron chi connectivity index (χ0n) is 15.6. The van der Waals surface area contributed by atoms with Gasteiger partial charge in [0.25, 0.3) is 0 Å². The molecule has 7 heteroatoms. The molecule has 0 bridgehead atoms. The molecule has 30 heavy (non-hydrogen) atoms. The van der Waals surface area contributed by atoms with Gasteiger partial charge in [0, 0.05) is 16.0 Å². The predicted octanol–water partition coefficient (Wildman–Crippen LogP) is 5.66. The molecule has 0 aromatic heterocycles. The van der Waals surface area contributed by atoms with Gasteiger partial charge in [-0.2, -0.15) is 0 Å². The Morgan fingerprint density at radius 2 is 1.47 bits per heavy atom. The van der Waals surface area contributed by atoms with Gasteiger partial charge in [0.15, 0.2) is 6.04 Å². The molecule has 3 aromatic carbocycles. The maximum absolute atomic E-state index is 12.4. The highest BCUT2D eigenvalue weighted by atomic mass is 35.5. The molecular weight excluding hydrogens is 425 g/mol. The number of carbonyl (C=O) groups is 2. The van der Waals surface area contributed by atoms with Gasteiger partial charge >= 0.3 is 12.1 Å². The van der Waals surface area contributed by atoms with Crippen LogP contribution in [0.4, 0.5) is 4.79 Å². The van der Waals surface area contributed by atoms with Crippen molar-refractivity contribution in [1.29, 1.82) is 0 Å². The topological polar surface area (TPSA) is 75.6 Å².